The Morgan fingerprint density at radius 1 is 1.21 bits per heavy atom. The Morgan fingerprint density at radius 3 is 2.54 bits per heavy atom. The molecule has 2 aromatic carbocycles. The van der Waals surface area contributed by atoms with E-state index in [9.17, 15) is 13.2 Å². The largest absolute Gasteiger partial charge is 0.495 e. The highest BCUT2D eigenvalue weighted by Crippen LogP contribution is 2.32. The molecule has 28 heavy (non-hydrogen) atoms. The number of carbonyl (C=O) groups excluding carboxylic acids is 1. The van der Waals surface area contributed by atoms with Crippen LogP contribution in [0.4, 0.5) is 5.69 Å². The minimum absolute atomic E-state index is 0.0404. The average Bonchev–Trinajstić information content (AvgIpc) is 2.69. The van der Waals surface area contributed by atoms with Crippen LogP contribution in [0.1, 0.15) is 12.8 Å². The molecule has 6 nitrogen and oxygen atoms in total. The minimum Gasteiger partial charge on any atom is -0.495 e. The van der Waals surface area contributed by atoms with Crippen molar-refractivity contribution in [3.8, 4) is 5.75 Å². The number of nitrogens with zero attached hydrogens (tertiary/aromatic N) is 1. The molecule has 1 amide bonds. The van der Waals surface area contributed by atoms with Gasteiger partial charge in [-0.3, -0.25) is 4.79 Å². The molecule has 0 bridgehead atoms. The fourth-order valence-electron chi connectivity index (χ4n) is 3.15. The fourth-order valence-corrected chi connectivity index (χ4v) is 5.42. The third-order valence-corrected chi connectivity index (χ3v) is 7.55. The standard InChI is InChI=1S/C19H20BrClN2O4S/c1-27-17-7-6-14(21)12-18(17)28(25,26)23-10-8-13(9-11-23)19(24)22-16-5-3-2-4-15(16)20/h2-7,12-13H,8-11H2,1H3,(H,22,24). The molecule has 0 unspecified atom stereocenters. The van der Waals surface area contributed by atoms with Crippen molar-refractivity contribution in [3.63, 3.8) is 0 Å². The summed E-state index contributed by atoms with van der Waals surface area (Å²) in [6.45, 7) is 0.512. The molecule has 3 rings (SSSR count). The van der Waals surface area contributed by atoms with E-state index in [1.54, 1.807) is 6.07 Å². The fraction of sp³-hybridized carbons (Fsp3) is 0.316. The van der Waals surface area contributed by atoms with E-state index in [1.165, 1.54) is 23.5 Å². The molecule has 0 saturated carbocycles. The van der Waals surface area contributed by atoms with Crippen molar-refractivity contribution in [1.29, 1.82) is 0 Å². The summed E-state index contributed by atoms with van der Waals surface area (Å²) in [7, 11) is -2.34. The predicted molar refractivity (Wildman–Crippen MR) is 112 cm³/mol. The number of rotatable bonds is 5. The molecule has 1 heterocycles. The molecule has 9 heteroatoms. The lowest BCUT2D eigenvalue weighted by Crippen LogP contribution is -2.41. The molecule has 0 atom stereocenters. The molecule has 1 N–H and O–H groups in total. The highest BCUT2D eigenvalue weighted by atomic mass is 79.9. The van der Waals surface area contributed by atoms with Gasteiger partial charge in [-0.15, -0.1) is 0 Å². The van der Waals surface area contributed by atoms with E-state index in [-0.39, 0.29) is 35.6 Å². The van der Waals surface area contributed by atoms with Crippen LogP contribution >= 0.6 is 27.5 Å². The SMILES string of the molecule is COc1ccc(Cl)cc1S(=O)(=O)N1CCC(C(=O)Nc2ccccc2Br)CC1. The van der Waals surface area contributed by atoms with Crippen LogP contribution in [0.25, 0.3) is 0 Å². The summed E-state index contributed by atoms with van der Waals surface area (Å²) in [5.41, 5.74) is 0.700. The zero-order chi connectivity index (χ0) is 20.3. The molecule has 1 aliphatic rings. The number of sulfonamides is 1. The Labute approximate surface area is 178 Å². The second-order valence-corrected chi connectivity index (χ2v) is 9.64. The molecule has 150 valence electrons. The van der Waals surface area contributed by atoms with Crippen molar-refractivity contribution in [3.05, 3.63) is 52.0 Å². The van der Waals surface area contributed by atoms with E-state index >= 15 is 0 Å². The van der Waals surface area contributed by atoms with E-state index < -0.39 is 10.0 Å². The molecule has 1 aliphatic heterocycles. The van der Waals surface area contributed by atoms with E-state index in [1.807, 2.05) is 24.3 Å². The maximum absolute atomic E-state index is 13.0. The maximum atomic E-state index is 13.0. The van der Waals surface area contributed by atoms with Crippen molar-refractivity contribution >= 4 is 49.1 Å². The van der Waals surface area contributed by atoms with Gasteiger partial charge in [-0.1, -0.05) is 23.7 Å². The van der Waals surface area contributed by atoms with Crippen molar-refractivity contribution in [2.45, 2.75) is 17.7 Å². The molecule has 1 saturated heterocycles. The van der Waals surface area contributed by atoms with E-state index in [0.717, 1.165) is 4.47 Å². The summed E-state index contributed by atoms with van der Waals surface area (Å²) in [4.78, 5) is 12.6. The van der Waals surface area contributed by atoms with Crippen LogP contribution in [0.2, 0.25) is 5.02 Å². The van der Waals surface area contributed by atoms with Gasteiger partial charge >= 0.3 is 0 Å². The van der Waals surface area contributed by atoms with Crippen LogP contribution in [0, 0.1) is 5.92 Å². The third-order valence-electron chi connectivity index (χ3n) is 4.70. The Kier molecular flexibility index (Phi) is 6.65. The number of nitrogens with one attached hydrogen (secondary N) is 1. The summed E-state index contributed by atoms with van der Waals surface area (Å²) in [5.74, 6) is -0.109. The van der Waals surface area contributed by atoms with Gasteiger partial charge in [-0.2, -0.15) is 4.31 Å². The zero-order valence-corrected chi connectivity index (χ0v) is 18.4. The molecule has 0 radical (unpaired) electrons. The van der Waals surface area contributed by atoms with Crippen LogP contribution in [-0.4, -0.2) is 38.8 Å². The molecule has 0 spiro atoms. The number of piperidine rings is 1. The first kappa shape index (κ1) is 21.1. The predicted octanol–water partition coefficient (Wildman–Crippen LogP) is 4.15. The number of ether oxygens (including phenoxy) is 1. The summed E-state index contributed by atoms with van der Waals surface area (Å²) in [6.07, 6.45) is 0.886. The number of para-hydroxylation sites is 1. The number of anilines is 1. The first-order valence-corrected chi connectivity index (χ1v) is 11.3. The number of hydrogen-bond donors (Lipinski definition) is 1. The quantitative estimate of drug-likeness (QED) is 0.687. The number of methoxy groups -OCH3 is 1. The van der Waals surface area contributed by atoms with Crippen molar-refractivity contribution in [2.24, 2.45) is 5.92 Å². The lowest BCUT2D eigenvalue weighted by Gasteiger charge is -2.31. The molecule has 1 fully saturated rings. The van der Waals surface area contributed by atoms with Crippen molar-refractivity contribution < 1.29 is 17.9 Å². The minimum atomic E-state index is -3.76. The Morgan fingerprint density at radius 2 is 1.89 bits per heavy atom. The monoisotopic (exact) mass is 486 g/mol. The highest BCUT2D eigenvalue weighted by Gasteiger charge is 2.34. The topological polar surface area (TPSA) is 75.7 Å². The Balaban J connectivity index is 1.69. The first-order chi connectivity index (χ1) is 13.3. The number of carbonyl (C=O) groups is 1. The average molecular weight is 488 g/mol. The van der Waals surface area contributed by atoms with Gasteiger partial charge in [-0.05, 0) is 59.1 Å². The normalized spacial score (nSPS) is 16.0. The Hall–Kier alpha value is -1.61. The lowest BCUT2D eigenvalue weighted by molar-refractivity contribution is -0.120. The first-order valence-electron chi connectivity index (χ1n) is 8.72. The number of benzene rings is 2. The Bertz CT molecular complexity index is 976. The molecular formula is C19H20BrClN2O4S. The van der Waals surface area contributed by atoms with Crippen LogP contribution < -0.4 is 10.1 Å². The summed E-state index contributed by atoms with van der Waals surface area (Å²) in [5, 5.41) is 3.22. The number of amides is 1. The maximum Gasteiger partial charge on any atom is 0.246 e. The number of halogens is 2. The summed E-state index contributed by atoms with van der Waals surface area (Å²) < 4.78 is 33.4. The van der Waals surface area contributed by atoms with Gasteiger partial charge in [-0.25, -0.2) is 8.42 Å². The van der Waals surface area contributed by atoms with Crippen molar-refractivity contribution in [1.82, 2.24) is 4.31 Å². The number of hydrogen-bond acceptors (Lipinski definition) is 4. The highest BCUT2D eigenvalue weighted by molar-refractivity contribution is 9.10. The van der Waals surface area contributed by atoms with Gasteiger partial charge in [0.05, 0.1) is 12.8 Å². The molecule has 2 aromatic rings. The van der Waals surface area contributed by atoms with E-state index in [2.05, 4.69) is 21.2 Å². The second kappa shape index (κ2) is 8.82. The van der Waals surface area contributed by atoms with Gasteiger partial charge < -0.3 is 10.1 Å². The summed E-state index contributed by atoms with van der Waals surface area (Å²) >= 11 is 9.38. The molecular weight excluding hydrogens is 468 g/mol. The van der Waals surface area contributed by atoms with Gasteiger partial charge in [0.25, 0.3) is 0 Å². The zero-order valence-electron chi connectivity index (χ0n) is 15.2. The summed E-state index contributed by atoms with van der Waals surface area (Å²) in [6, 6.07) is 11.9. The van der Waals surface area contributed by atoms with Crippen LogP contribution in [0.3, 0.4) is 0 Å². The van der Waals surface area contributed by atoms with Crippen molar-refractivity contribution in [2.75, 3.05) is 25.5 Å². The molecule has 0 aliphatic carbocycles. The van der Waals surface area contributed by atoms with Gasteiger partial charge in [0.2, 0.25) is 15.9 Å². The van der Waals surface area contributed by atoms with Crippen LogP contribution in [-0.2, 0) is 14.8 Å². The van der Waals surface area contributed by atoms with Gasteiger partial charge in [0.1, 0.15) is 10.6 Å². The van der Waals surface area contributed by atoms with Crippen LogP contribution in [0.15, 0.2) is 51.8 Å². The van der Waals surface area contributed by atoms with E-state index in [4.69, 9.17) is 16.3 Å². The van der Waals surface area contributed by atoms with Crippen LogP contribution in [0.5, 0.6) is 5.75 Å². The van der Waals surface area contributed by atoms with Gasteiger partial charge in [0.15, 0.2) is 0 Å². The third kappa shape index (κ3) is 4.51. The second-order valence-electron chi connectivity index (χ2n) is 6.44. The lowest BCUT2D eigenvalue weighted by atomic mass is 9.97. The smallest absolute Gasteiger partial charge is 0.246 e. The molecule has 0 aromatic heterocycles. The van der Waals surface area contributed by atoms with Gasteiger partial charge in [0, 0.05) is 28.5 Å². The van der Waals surface area contributed by atoms with E-state index in [0.29, 0.717) is 23.6 Å².